The van der Waals surface area contributed by atoms with Gasteiger partial charge in [0.2, 0.25) is 0 Å². The summed E-state index contributed by atoms with van der Waals surface area (Å²) >= 11 is 0. The van der Waals surface area contributed by atoms with Gasteiger partial charge in [-0.1, -0.05) is 52.3 Å². The Morgan fingerprint density at radius 1 is 1.10 bits per heavy atom. The van der Waals surface area contributed by atoms with Gasteiger partial charge in [0, 0.05) is 5.92 Å². The molecule has 4 aliphatic rings. The molecule has 0 aromatic rings. The van der Waals surface area contributed by atoms with Gasteiger partial charge in [0.15, 0.2) is 5.78 Å². The SMILES string of the molecule is CC(C)C(=O)/C=C/[C@@H](C)[C@H]1CC[C@H]2[C@@H]3CC=C4CC(O)CC[C@]4(C)[C@H]3CC[C@]12C. The lowest BCUT2D eigenvalue weighted by Crippen LogP contribution is -2.50. The van der Waals surface area contributed by atoms with Crippen molar-refractivity contribution in [1.29, 1.82) is 0 Å². The van der Waals surface area contributed by atoms with Gasteiger partial charge in [0.25, 0.3) is 0 Å². The molecule has 3 saturated carbocycles. The number of carbonyl (C=O) groups is 1. The van der Waals surface area contributed by atoms with Crippen LogP contribution >= 0.6 is 0 Å². The molecule has 29 heavy (non-hydrogen) atoms. The van der Waals surface area contributed by atoms with E-state index >= 15 is 0 Å². The van der Waals surface area contributed by atoms with E-state index in [4.69, 9.17) is 0 Å². The smallest absolute Gasteiger partial charge is 0.157 e. The largest absolute Gasteiger partial charge is 0.393 e. The Morgan fingerprint density at radius 3 is 2.59 bits per heavy atom. The summed E-state index contributed by atoms with van der Waals surface area (Å²) in [4.78, 5) is 12.1. The van der Waals surface area contributed by atoms with Crippen LogP contribution in [0, 0.1) is 46.3 Å². The molecule has 0 heterocycles. The number of aliphatic hydroxyl groups excluding tert-OH is 1. The molecule has 0 bridgehead atoms. The first-order valence-corrected chi connectivity index (χ1v) is 12.3. The van der Waals surface area contributed by atoms with Crippen molar-refractivity contribution < 1.29 is 9.90 Å². The van der Waals surface area contributed by atoms with E-state index in [0.29, 0.717) is 22.7 Å². The van der Waals surface area contributed by atoms with Crippen LogP contribution < -0.4 is 0 Å². The Bertz CT molecular complexity index is 703. The van der Waals surface area contributed by atoms with Gasteiger partial charge in [0.05, 0.1) is 6.10 Å². The van der Waals surface area contributed by atoms with Crippen LogP contribution in [0.1, 0.15) is 86.0 Å². The minimum atomic E-state index is -0.114. The van der Waals surface area contributed by atoms with Crippen molar-refractivity contribution >= 4 is 5.78 Å². The third kappa shape index (κ3) is 3.48. The molecule has 2 heteroatoms. The lowest BCUT2D eigenvalue weighted by Gasteiger charge is -2.58. The second-order valence-electron chi connectivity index (χ2n) is 11.7. The van der Waals surface area contributed by atoms with Gasteiger partial charge in [0.1, 0.15) is 0 Å². The van der Waals surface area contributed by atoms with Gasteiger partial charge >= 0.3 is 0 Å². The number of fused-ring (bicyclic) bond motifs is 5. The van der Waals surface area contributed by atoms with Crippen LogP contribution in [0.25, 0.3) is 0 Å². The van der Waals surface area contributed by atoms with Crippen molar-refractivity contribution in [2.75, 3.05) is 0 Å². The summed E-state index contributed by atoms with van der Waals surface area (Å²) in [5.74, 6) is 3.99. The standard InChI is InChI=1S/C27H42O2/c1-17(2)25(29)11-6-18(3)22-9-10-23-21-8-7-19-16-20(28)12-14-26(19,4)24(21)13-15-27(22,23)5/h6-7,11,17-18,20-24,28H,8-10,12-16H2,1-5H3/b11-6+/t18-,20?,21+,22-,23+,24+,26+,27-/m1/s1. The third-order valence-corrected chi connectivity index (χ3v) is 9.92. The van der Waals surface area contributed by atoms with Crippen molar-refractivity contribution in [3.8, 4) is 0 Å². The Morgan fingerprint density at radius 2 is 1.86 bits per heavy atom. The summed E-state index contributed by atoms with van der Waals surface area (Å²) in [6.45, 7) is 11.4. The molecule has 2 nitrogen and oxygen atoms in total. The first kappa shape index (κ1) is 21.3. The maximum absolute atomic E-state index is 12.1. The molecular formula is C27H42O2. The maximum atomic E-state index is 12.1. The van der Waals surface area contributed by atoms with E-state index in [1.54, 1.807) is 5.57 Å². The van der Waals surface area contributed by atoms with Gasteiger partial charge in [-0.25, -0.2) is 0 Å². The number of aliphatic hydroxyl groups is 1. The molecule has 0 amide bonds. The second-order valence-corrected chi connectivity index (χ2v) is 11.7. The Balaban J connectivity index is 1.54. The van der Waals surface area contributed by atoms with Crippen LogP contribution in [0.15, 0.2) is 23.8 Å². The van der Waals surface area contributed by atoms with Crippen molar-refractivity contribution in [1.82, 2.24) is 0 Å². The summed E-state index contributed by atoms with van der Waals surface area (Å²) in [5.41, 5.74) is 2.32. The van der Waals surface area contributed by atoms with Crippen molar-refractivity contribution in [3.05, 3.63) is 23.8 Å². The molecule has 0 aromatic carbocycles. The Kier molecular flexibility index (Phi) is 5.64. The molecule has 4 rings (SSSR count). The highest BCUT2D eigenvalue weighted by atomic mass is 16.3. The molecule has 162 valence electrons. The zero-order valence-corrected chi connectivity index (χ0v) is 19.3. The van der Waals surface area contributed by atoms with Crippen LogP contribution in [0.2, 0.25) is 0 Å². The Hall–Kier alpha value is -0.890. The van der Waals surface area contributed by atoms with E-state index in [9.17, 15) is 9.90 Å². The quantitative estimate of drug-likeness (QED) is 0.443. The Labute approximate surface area is 178 Å². The highest BCUT2D eigenvalue weighted by Crippen LogP contribution is 2.67. The van der Waals surface area contributed by atoms with E-state index < -0.39 is 0 Å². The van der Waals surface area contributed by atoms with Gasteiger partial charge in [-0.3, -0.25) is 4.79 Å². The van der Waals surface area contributed by atoms with E-state index in [0.717, 1.165) is 30.6 Å². The molecular weight excluding hydrogens is 356 g/mol. The second kappa shape index (κ2) is 7.66. The number of hydrogen-bond acceptors (Lipinski definition) is 2. The summed E-state index contributed by atoms with van der Waals surface area (Å²) in [6.07, 6.45) is 16.2. The maximum Gasteiger partial charge on any atom is 0.157 e. The van der Waals surface area contributed by atoms with Crippen LogP contribution in [0.3, 0.4) is 0 Å². The molecule has 1 unspecified atom stereocenters. The van der Waals surface area contributed by atoms with Crippen molar-refractivity contribution in [2.24, 2.45) is 46.3 Å². The number of allylic oxidation sites excluding steroid dienone is 3. The minimum absolute atomic E-state index is 0.0961. The lowest BCUT2D eigenvalue weighted by molar-refractivity contribution is -0.117. The first-order valence-electron chi connectivity index (χ1n) is 12.3. The number of hydrogen-bond donors (Lipinski definition) is 1. The van der Waals surface area contributed by atoms with Crippen molar-refractivity contribution in [3.63, 3.8) is 0 Å². The number of rotatable bonds is 4. The fourth-order valence-corrected chi connectivity index (χ4v) is 8.12. The molecule has 0 spiro atoms. The monoisotopic (exact) mass is 398 g/mol. The molecule has 1 N–H and O–H groups in total. The summed E-state index contributed by atoms with van der Waals surface area (Å²) < 4.78 is 0. The lowest BCUT2D eigenvalue weighted by atomic mass is 9.47. The minimum Gasteiger partial charge on any atom is -0.393 e. The summed E-state index contributed by atoms with van der Waals surface area (Å²) in [6, 6.07) is 0. The van der Waals surface area contributed by atoms with E-state index in [1.807, 2.05) is 19.9 Å². The highest BCUT2D eigenvalue weighted by Gasteiger charge is 2.58. The van der Waals surface area contributed by atoms with Crippen LogP contribution in [-0.2, 0) is 4.79 Å². The van der Waals surface area contributed by atoms with Crippen LogP contribution in [0.5, 0.6) is 0 Å². The molecule has 0 radical (unpaired) electrons. The fraction of sp³-hybridized carbons (Fsp3) is 0.815. The molecule has 4 aliphatic carbocycles. The van der Waals surface area contributed by atoms with E-state index in [2.05, 4.69) is 32.9 Å². The first-order chi connectivity index (χ1) is 13.7. The van der Waals surface area contributed by atoms with E-state index in [1.165, 1.54) is 38.5 Å². The fourth-order valence-electron chi connectivity index (χ4n) is 8.12. The average molecular weight is 399 g/mol. The predicted molar refractivity (Wildman–Crippen MR) is 119 cm³/mol. The summed E-state index contributed by atoms with van der Waals surface area (Å²) in [5, 5.41) is 10.2. The predicted octanol–water partition coefficient (Wildman–Crippen LogP) is 6.34. The molecule has 0 aliphatic heterocycles. The average Bonchev–Trinajstić information content (AvgIpc) is 3.03. The topological polar surface area (TPSA) is 37.3 Å². The van der Waals surface area contributed by atoms with Gasteiger partial charge < -0.3 is 5.11 Å². The molecule has 0 saturated heterocycles. The molecule has 3 fully saturated rings. The molecule has 8 atom stereocenters. The number of ketones is 1. The zero-order chi connectivity index (χ0) is 21.0. The van der Waals surface area contributed by atoms with Gasteiger partial charge in [-0.15, -0.1) is 0 Å². The van der Waals surface area contributed by atoms with Crippen LogP contribution in [-0.4, -0.2) is 17.0 Å². The zero-order valence-electron chi connectivity index (χ0n) is 19.3. The highest BCUT2D eigenvalue weighted by molar-refractivity contribution is 5.91. The van der Waals surface area contributed by atoms with E-state index in [-0.39, 0.29) is 17.8 Å². The third-order valence-electron chi connectivity index (χ3n) is 9.92. The van der Waals surface area contributed by atoms with Crippen LogP contribution in [0.4, 0.5) is 0 Å². The summed E-state index contributed by atoms with van der Waals surface area (Å²) in [7, 11) is 0. The van der Waals surface area contributed by atoms with Crippen molar-refractivity contribution in [2.45, 2.75) is 92.1 Å². The number of carbonyl (C=O) groups excluding carboxylic acids is 1. The normalized spacial score (nSPS) is 45.5. The van der Waals surface area contributed by atoms with Gasteiger partial charge in [-0.05, 0) is 97.9 Å². The van der Waals surface area contributed by atoms with Gasteiger partial charge in [-0.2, -0.15) is 0 Å². The molecule has 0 aromatic heterocycles.